The molecule has 0 aromatic heterocycles. The number of nitrogens with zero attached hydrogens (tertiary/aromatic N) is 1. The van der Waals surface area contributed by atoms with Gasteiger partial charge in [0.05, 0.1) is 0 Å². The molecule has 2 rings (SSSR count). The smallest absolute Gasteiger partial charge is 0.0106 e. The highest BCUT2D eigenvalue weighted by Gasteiger charge is 2.31. The minimum absolute atomic E-state index is 0.634. The van der Waals surface area contributed by atoms with Crippen molar-refractivity contribution >= 4 is 11.8 Å². The molecule has 1 aliphatic heterocycles. The Kier molecular flexibility index (Phi) is 5.84. The van der Waals surface area contributed by atoms with Crippen LogP contribution in [0.1, 0.15) is 46.0 Å². The largest absolute Gasteiger partial charge is 0.314 e. The lowest BCUT2D eigenvalue weighted by Crippen LogP contribution is -2.39. The molecule has 0 radical (unpaired) electrons. The molecule has 3 atom stereocenters. The fourth-order valence-electron chi connectivity index (χ4n) is 3.43. The zero-order valence-electron chi connectivity index (χ0n) is 12.3. The molecule has 1 heterocycles. The number of hydrogen-bond acceptors (Lipinski definition) is 3. The van der Waals surface area contributed by atoms with Crippen LogP contribution in [-0.4, -0.2) is 48.1 Å². The van der Waals surface area contributed by atoms with Crippen molar-refractivity contribution in [2.24, 2.45) is 5.92 Å². The third kappa shape index (κ3) is 4.14. The summed E-state index contributed by atoms with van der Waals surface area (Å²) in [5.74, 6) is 0.891. The summed E-state index contributed by atoms with van der Waals surface area (Å²) in [5, 5.41) is 4.53. The van der Waals surface area contributed by atoms with Crippen LogP contribution in [-0.2, 0) is 0 Å². The molecular weight excluding hydrogens is 240 g/mol. The lowest BCUT2D eigenvalue weighted by atomic mass is 9.94. The summed E-state index contributed by atoms with van der Waals surface area (Å²) in [5.41, 5.74) is 0. The van der Waals surface area contributed by atoms with E-state index >= 15 is 0 Å². The Morgan fingerprint density at radius 2 is 2.11 bits per heavy atom. The van der Waals surface area contributed by atoms with Gasteiger partial charge in [0.1, 0.15) is 0 Å². The summed E-state index contributed by atoms with van der Waals surface area (Å²) in [7, 11) is 0. The summed E-state index contributed by atoms with van der Waals surface area (Å²) >= 11 is 2.08. The van der Waals surface area contributed by atoms with Crippen molar-refractivity contribution in [2.45, 2.75) is 63.3 Å². The molecule has 0 aromatic rings. The van der Waals surface area contributed by atoms with Crippen molar-refractivity contribution in [1.82, 2.24) is 10.2 Å². The number of rotatable bonds is 5. The molecule has 1 saturated carbocycles. The van der Waals surface area contributed by atoms with Gasteiger partial charge in [0.2, 0.25) is 0 Å². The van der Waals surface area contributed by atoms with Crippen LogP contribution in [0.5, 0.6) is 0 Å². The van der Waals surface area contributed by atoms with E-state index in [1.807, 2.05) is 0 Å². The van der Waals surface area contributed by atoms with Gasteiger partial charge in [0.25, 0.3) is 0 Å². The molecule has 18 heavy (non-hydrogen) atoms. The van der Waals surface area contributed by atoms with Crippen molar-refractivity contribution in [2.75, 3.05) is 25.9 Å². The standard InChI is InChI=1S/C15H30N2S/c1-12(2)16-10-13-7-8-17(11-13)14-5-4-6-15(9-14)18-3/h12-16H,4-11H2,1-3H3. The third-order valence-corrected chi connectivity index (χ3v) is 5.68. The Morgan fingerprint density at radius 3 is 2.83 bits per heavy atom. The van der Waals surface area contributed by atoms with Crippen LogP contribution in [0.3, 0.4) is 0 Å². The lowest BCUT2D eigenvalue weighted by Gasteiger charge is -2.34. The number of hydrogen-bond donors (Lipinski definition) is 1. The second-order valence-corrected chi connectivity index (χ2v) is 7.53. The van der Waals surface area contributed by atoms with Gasteiger partial charge in [-0.25, -0.2) is 0 Å². The monoisotopic (exact) mass is 270 g/mol. The van der Waals surface area contributed by atoms with Crippen LogP contribution in [0.25, 0.3) is 0 Å². The van der Waals surface area contributed by atoms with E-state index in [0.717, 1.165) is 17.2 Å². The quantitative estimate of drug-likeness (QED) is 0.827. The molecule has 2 aliphatic rings. The summed E-state index contributed by atoms with van der Waals surface area (Å²) in [6.45, 7) is 8.39. The maximum absolute atomic E-state index is 3.60. The fourth-order valence-corrected chi connectivity index (χ4v) is 4.25. The van der Waals surface area contributed by atoms with E-state index in [1.54, 1.807) is 0 Å². The first-order valence-corrected chi connectivity index (χ1v) is 8.98. The minimum Gasteiger partial charge on any atom is -0.314 e. The van der Waals surface area contributed by atoms with E-state index in [-0.39, 0.29) is 0 Å². The molecule has 2 nitrogen and oxygen atoms in total. The molecule has 1 N–H and O–H groups in total. The van der Waals surface area contributed by atoms with Crippen LogP contribution in [0.4, 0.5) is 0 Å². The Bertz CT molecular complexity index is 245. The lowest BCUT2D eigenvalue weighted by molar-refractivity contribution is 0.187. The summed E-state index contributed by atoms with van der Waals surface area (Å²) in [4.78, 5) is 2.79. The topological polar surface area (TPSA) is 15.3 Å². The van der Waals surface area contributed by atoms with Crippen LogP contribution >= 0.6 is 11.8 Å². The minimum atomic E-state index is 0.634. The molecule has 3 heteroatoms. The summed E-state index contributed by atoms with van der Waals surface area (Å²) in [6.07, 6.45) is 9.46. The molecule has 106 valence electrons. The van der Waals surface area contributed by atoms with E-state index < -0.39 is 0 Å². The van der Waals surface area contributed by atoms with Crippen LogP contribution in [0.2, 0.25) is 0 Å². The first-order chi connectivity index (χ1) is 8.69. The zero-order chi connectivity index (χ0) is 13.0. The van der Waals surface area contributed by atoms with Crippen molar-refractivity contribution in [3.05, 3.63) is 0 Å². The van der Waals surface area contributed by atoms with Crippen molar-refractivity contribution in [3.63, 3.8) is 0 Å². The molecular formula is C15H30N2S. The molecule has 0 aromatic carbocycles. The van der Waals surface area contributed by atoms with Crippen LogP contribution in [0, 0.1) is 5.92 Å². The first-order valence-electron chi connectivity index (χ1n) is 7.69. The van der Waals surface area contributed by atoms with Crippen molar-refractivity contribution < 1.29 is 0 Å². The Morgan fingerprint density at radius 1 is 1.28 bits per heavy atom. The third-order valence-electron chi connectivity index (χ3n) is 4.58. The van der Waals surface area contributed by atoms with Gasteiger partial charge in [-0.05, 0) is 50.9 Å². The van der Waals surface area contributed by atoms with E-state index in [4.69, 9.17) is 0 Å². The van der Waals surface area contributed by atoms with Crippen molar-refractivity contribution in [3.8, 4) is 0 Å². The van der Waals surface area contributed by atoms with Gasteiger partial charge in [0.15, 0.2) is 0 Å². The summed E-state index contributed by atoms with van der Waals surface area (Å²) in [6, 6.07) is 1.52. The first kappa shape index (κ1) is 14.7. The highest BCUT2D eigenvalue weighted by molar-refractivity contribution is 7.99. The van der Waals surface area contributed by atoms with Gasteiger partial charge in [-0.1, -0.05) is 20.3 Å². The molecule has 1 aliphatic carbocycles. The maximum Gasteiger partial charge on any atom is 0.0106 e. The second-order valence-electron chi connectivity index (χ2n) is 6.39. The molecule has 0 amide bonds. The molecule has 2 fully saturated rings. The van der Waals surface area contributed by atoms with E-state index in [1.165, 1.54) is 51.7 Å². The molecule has 0 bridgehead atoms. The molecule has 3 unspecified atom stereocenters. The predicted octanol–water partition coefficient (Wildman–Crippen LogP) is 2.98. The van der Waals surface area contributed by atoms with E-state index in [9.17, 15) is 0 Å². The Hall–Kier alpha value is 0.270. The summed E-state index contributed by atoms with van der Waals surface area (Å²) < 4.78 is 0. The average molecular weight is 270 g/mol. The SMILES string of the molecule is CSC1CCCC(N2CCC(CNC(C)C)C2)C1. The highest BCUT2D eigenvalue weighted by Crippen LogP contribution is 2.32. The Balaban J connectivity index is 1.74. The van der Waals surface area contributed by atoms with Gasteiger partial charge in [-0.3, -0.25) is 0 Å². The molecule has 1 saturated heterocycles. The number of thioether (sulfide) groups is 1. The van der Waals surface area contributed by atoms with Gasteiger partial charge in [0, 0.05) is 23.9 Å². The van der Waals surface area contributed by atoms with Crippen LogP contribution < -0.4 is 5.32 Å². The normalized spacial score (nSPS) is 34.3. The Labute approximate surface area is 117 Å². The predicted molar refractivity (Wildman–Crippen MR) is 82.4 cm³/mol. The zero-order valence-corrected chi connectivity index (χ0v) is 13.1. The maximum atomic E-state index is 3.60. The number of nitrogens with one attached hydrogen (secondary N) is 1. The fraction of sp³-hybridized carbons (Fsp3) is 1.00. The van der Waals surface area contributed by atoms with Gasteiger partial charge < -0.3 is 10.2 Å². The molecule has 0 spiro atoms. The second kappa shape index (κ2) is 7.16. The highest BCUT2D eigenvalue weighted by atomic mass is 32.2. The van der Waals surface area contributed by atoms with Gasteiger partial charge in [-0.15, -0.1) is 0 Å². The van der Waals surface area contributed by atoms with Crippen LogP contribution in [0.15, 0.2) is 0 Å². The van der Waals surface area contributed by atoms with E-state index in [0.29, 0.717) is 6.04 Å². The number of likely N-dealkylation sites (tertiary alicyclic amines) is 1. The van der Waals surface area contributed by atoms with Crippen molar-refractivity contribution in [1.29, 1.82) is 0 Å². The van der Waals surface area contributed by atoms with Gasteiger partial charge in [-0.2, -0.15) is 11.8 Å². The van der Waals surface area contributed by atoms with Gasteiger partial charge >= 0.3 is 0 Å². The van der Waals surface area contributed by atoms with E-state index in [2.05, 4.69) is 42.1 Å². The average Bonchev–Trinajstić information content (AvgIpc) is 2.85.